The van der Waals surface area contributed by atoms with Gasteiger partial charge in [-0.3, -0.25) is 4.79 Å². The molecular weight excluding hydrogens is 206 g/mol. The van der Waals surface area contributed by atoms with Gasteiger partial charge in [-0.2, -0.15) is 0 Å². The molecule has 0 amide bonds. The highest BCUT2D eigenvalue weighted by Crippen LogP contribution is 2.15. The first-order valence-corrected chi connectivity index (χ1v) is 5.18. The Morgan fingerprint density at radius 1 is 1.50 bits per heavy atom. The highest BCUT2D eigenvalue weighted by atomic mass is 16.4. The fourth-order valence-electron chi connectivity index (χ4n) is 1.32. The molecule has 0 fully saturated rings. The van der Waals surface area contributed by atoms with Crippen molar-refractivity contribution < 1.29 is 9.90 Å². The smallest absolute Gasteiger partial charge is 0.323 e. The van der Waals surface area contributed by atoms with Gasteiger partial charge in [0.05, 0.1) is 0 Å². The molecule has 0 spiro atoms. The van der Waals surface area contributed by atoms with Crippen molar-refractivity contribution in [3.8, 4) is 0 Å². The molecule has 5 heteroatoms. The molecule has 0 unspecified atom stereocenters. The van der Waals surface area contributed by atoms with Crippen LogP contribution < -0.4 is 4.90 Å². The molecule has 88 valence electrons. The summed E-state index contributed by atoms with van der Waals surface area (Å²) in [6.07, 6.45) is 0. The van der Waals surface area contributed by atoms with Crippen molar-refractivity contribution in [2.45, 2.75) is 26.7 Å². The molecule has 0 radical (unpaired) electrons. The van der Waals surface area contributed by atoms with Crippen LogP contribution in [0.15, 0.2) is 6.07 Å². The number of rotatable bonds is 4. The molecule has 0 atom stereocenters. The first-order chi connectivity index (χ1) is 7.40. The van der Waals surface area contributed by atoms with E-state index < -0.39 is 5.97 Å². The topological polar surface area (TPSA) is 66.3 Å². The Balaban J connectivity index is 2.99. The standard InChI is InChI=1S/C11H17N3O2/c1-7(2)9-5-8(3)12-11(13-9)14(4)6-10(15)16/h5,7H,6H2,1-4H3,(H,15,16). The van der Waals surface area contributed by atoms with Crippen molar-refractivity contribution in [3.63, 3.8) is 0 Å². The summed E-state index contributed by atoms with van der Waals surface area (Å²) in [6, 6.07) is 1.92. The van der Waals surface area contributed by atoms with Crippen LogP contribution >= 0.6 is 0 Å². The minimum Gasteiger partial charge on any atom is -0.480 e. The molecule has 1 aromatic heterocycles. The second-order valence-electron chi connectivity index (χ2n) is 4.14. The van der Waals surface area contributed by atoms with Gasteiger partial charge < -0.3 is 10.0 Å². The summed E-state index contributed by atoms with van der Waals surface area (Å²) in [4.78, 5) is 20.7. The maximum absolute atomic E-state index is 10.6. The van der Waals surface area contributed by atoms with Crippen molar-refractivity contribution in [2.75, 3.05) is 18.5 Å². The van der Waals surface area contributed by atoms with Crippen LogP contribution in [-0.4, -0.2) is 34.6 Å². The molecule has 0 aliphatic carbocycles. The second kappa shape index (κ2) is 4.92. The number of carboxylic acid groups (broad SMARTS) is 1. The normalized spacial score (nSPS) is 10.6. The summed E-state index contributed by atoms with van der Waals surface area (Å²) >= 11 is 0. The van der Waals surface area contributed by atoms with E-state index >= 15 is 0 Å². The number of likely N-dealkylation sites (N-methyl/N-ethyl adjacent to an activating group) is 1. The molecule has 0 aromatic carbocycles. The second-order valence-corrected chi connectivity index (χ2v) is 4.14. The van der Waals surface area contributed by atoms with Crippen LogP contribution in [0.5, 0.6) is 0 Å². The van der Waals surface area contributed by atoms with Crippen molar-refractivity contribution in [1.29, 1.82) is 0 Å². The SMILES string of the molecule is Cc1cc(C(C)C)nc(N(C)CC(=O)O)n1. The Kier molecular flexibility index (Phi) is 3.82. The third-order valence-electron chi connectivity index (χ3n) is 2.17. The van der Waals surface area contributed by atoms with Gasteiger partial charge in [0.1, 0.15) is 6.54 Å². The maximum atomic E-state index is 10.6. The molecule has 0 saturated carbocycles. The lowest BCUT2D eigenvalue weighted by molar-refractivity contribution is -0.135. The highest BCUT2D eigenvalue weighted by Gasteiger charge is 2.11. The molecule has 1 aromatic rings. The van der Waals surface area contributed by atoms with Gasteiger partial charge >= 0.3 is 5.97 Å². The third kappa shape index (κ3) is 3.18. The van der Waals surface area contributed by atoms with Gasteiger partial charge in [0.15, 0.2) is 0 Å². The van der Waals surface area contributed by atoms with Crippen LogP contribution in [0.4, 0.5) is 5.95 Å². The van der Waals surface area contributed by atoms with E-state index in [1.807, 2.05) is 26.8 Å². The summed E-state index contributed by atoms with van der Waals surface area (Å²) in [5.41, 5.74) is 1.78. The summed E-state index contributed by atoms with van der Waals surface area (Å²) in [6.45, 7) is 5.87. The van der Waals surface area contributed by atoms with Crippen LogP contribution in [0.3, 0.4) is 0 Å². The predicted molar refractivity (Wildman–Crippen MR) is 61.8 cm³/mol. The average molecular weight is 223 g/mol. The van der Waals surface area contributed by atoms with E-state index in [2.05, 4.69) is 9.97 Å². The van der Waals surface area contributed by atoms with E-state index in [0.29, 0.717) is 11.9 Å². The zero-order valence-electron chi connectivity index (χ0n) is 10.1. The number of aromatic nitrogens is 2. The molecule has 1 rings (SSSR count). The maximum Gasteiger partial charge on any atom is 0.323 e. The highest BCUT2D eigenvalue weighted by molar-refractivity contribution is 5.72. The van der Waals surface area contributed by atoms with Crippen molar-refractivity contribution in [1.82, 2.24) is 9.97 Å². The molecule has 5 nitrogen and oxygen atoms in total. The Morgan fingerprint density at radius 2 is 2.12 bits per heavy atom. The summed E-state index contributed by atoms with van der Waals surface area (Å²) < 4.78 is 0. The largest absolute Gasteiger partial charge is 0.480 e. The zero-order valence-corrected chi connectivity index (χ0v) is 10.1. The van der Waals surface area contributed by atoms with Gasteiger partial charge in [0.25, 0.3) is 0 Å². The number of anilines is 1. The zero-order chi connectivity index (χ0) is 12.3. The van der Waals surface area contributed by atoms with E-state index in [1.54, 1.807) is 7.05 Å². The van der Waals surface area contributed by atoms with Gasteiger partial charge in [-0.1, -0.05) is 13.8 Å². The lowest BCUT2D eigenvalue weighted by Crippen LogP contribution is -2.27. The average Bonchev–Trinajstić information content (AvgIpc) is 2.15. The number of aliphatic carboxylic acids is 1. The monoisotopic (exact) mass is 223 g/mol. The number of hydrogen-bond acceptors (Lipinski definition) is 4. The Labute approximate surface area is 95.1 Å². The quantitative estimate of drug-likeness (QED) is 0.836. The minimum absolute atomic E-state index is 0.0962. The lowest BCUT2D eigenvalue weighted by Gasteiger charge is -2.16. The molecule has 0 saturated heterocycles. The molecular formula is C11H17N3O2. The van der Waals surface area contributed by atoms with Gasteiger partial charge in [0, 0.05) is 18.4 Å². The van der Waals surface area contributed by atoms with Gasteiger partial charge in [-0.05, 0) is 18.9 Å². The number of aryl methyl sites for hydroxylation is 1. The third-order valence-corrected chi connectivity index (χ3v) is 2.17. The number of carbonyl (C=O) groups is 1. The fraction of sp³-hybridized carbons (Fsp3) is 0.545. The van der Waals surface area contributed by atoms with Gasteiger partial charge in [0.2, 0.25) is 5.95 Å². The van der Waals surface area contributed by atoms with Crippen molar-refractivity contribution >= 4 is 11.9 Å². The van der Waals surface area contributed by atoms with Crippen molar-refractivity contribution in [3.05, 3.63) is 17.5 Å². The van der Waals surface area contributed by atoms with Crippen LogP contribution in [0.25, 0.3) is 0 Å². The lowest BCUT2D eigenvalue weighted by atomic mass is 10.1. The fourth-order valence-corrected chi connectivity index (χ4v) is 1.32. The molecule has 0 aliphatic heterocycles. The molecule has 0 bridgehead atoms. The summed E-state index contributed by atoms with van der Waals surface area (Å²) in [7, 11) is 1.67. The van der Waals surface area contributed by atoms with E-state index in [1.165, 1.54) is 4.90 Å². The first kappa shape index (κ1) is 12.4. The van der Waals surface area contributed by atoms with E-state index in [-0.39, 0.29) is 6.54 Å². The number of hydrogen-bond donors (Lipinski definition) is 1. The molecule has 16 heavy (non-hydrogen) atoms. The first-order valence-electron chi connectivity index (χ1n) is 5.18. The van der Waals surface area contributed by atoms with Crippen LogP contribution in [-0.2, 0) is 4.79 Å². The Hall–Kier alpha value is -1.65. The molecule has 1 N–H and O–H groups in total. The Bertz CT molecular complexity index is 391. The van der Waals surface area contributed by atoms with Gasteiger partial charge in [-0.15, -0.1) is 0 Å². The van der Waals surface area contributed by atoms with E-state index in [0.717, 1.165) is 11.4 Å². The van der Waals surface area contributed by atoms with E-state index in [4.69, 9.17) is 5.11 Å². The van der Waals surface area contributed by atoms with Crippen LogP contribution in [0, 0.1) is 6.92 Å². The summed E-state index contributed by atoms with van der Waals surface area (Å²) in [5, 5.41) is 8.70. The van der Waals surface area contributed by atoms with Crippen molar-refractivity contribution in [2.24, 2.45) is 0 Å². The van der Waals surface area contributed by atoms with Crippen LogP contribution in [0.1, 0.15) is 31.2 Å². The molecule has 1 heterocycles. The number of carboxylic acids is 1. The van der Waals surface area contributed by atoms with E-state index in [9.17, 15) is 4.79 Å². The summed E-state index contributed by atoms with van der Waals surface area (Å²) in [5.74, 6) is -0.122. The van der Waals surface area contributed by atoms with Crippen LogP contribution in [0.2, 0.25) is 0 Å². The predicted octanol–water partition coefficient (Wildman–Crippen LogP) is 1.43. The van der Waals surface area contributed by atoms with Gasteiger partial charge in [-0.25, -0.2) is 9.97 Å². The minimum atomic E-state index is -0.890. The Morgan fingerprint density at radius 3 is 2.62 bits per heavy atom. The number of nitrogens with zero attached hydrogens (tertiary/aromatic N) is 3. The molecule has 0 aliphatic rings.